The van der Waals surface area contributed by atoms with Crippen LogP contribution in [0.25, 0.3) is 0 Å². The average molecular weight is 437 g/mol. The molecule has 0 unspecified atom stereocenters. The molecule has 0 aliphatic carbocycles. The molecule has 2 heteroatoms. The van der Waals surface area contributed by atoms with Crippen molar-refractivity contribution >= 4 is 43.3 Å². The van der Waals surface area contributed by atoms with Crippen LogP contribution in [0.4, 0.5) is 0 Å². The van der Waals surface area contributed by atoms with Gasteiger partial charge < -0.3 is 0 Å². The third-order valence-corrected chi connectivity index (χ3v) is 16.9. The van der Waals surface area contributed by atoms with Crippen LogP contribution in [0.1, 0.15) is 0 Å². The summed E-state index contributed by atoms with van der Waals surface area (Å²) in [5, 5.41) is 0. The van der Waals surface area contributed by atoms with Crippen LogP contribution in [-0.4, -0.2) is 9.60 Å². The summed E-state index contributed by atoms with van der Waals surface area (Å²) in [7, 11) is -2.13. The quantitative estimate of drug-likeness (QED) is 0.437. The minimum atomic E-state index is -2.13. The number of rotatable bonds is 3. The fourth-order valence-electron chi connectivity index (χ4n) is 2.23. The van der Waals surface area contributed by atoms with Gasteiger partial charge in [-0.1, -0.05) is 0 Å². The molecule has 0 bridgehead atoms. The summed E-state index contributed by atoms with van der Waals surface area (Å²) in [6.45, 7) is 0. The van der Waals surface area contributed by atoms with Gasteiger partial charge in [0.2, 0.25) is 0 Å². The molecule has 0 heterocycles. The van der Waals surface area contributed by atoms with Crippen molar-refractivity contribution in [2.45, 2.75) is 0 Å². The first-order chi connectivity index (χ1) is 9.82. The fourth-order valence-corrected chi connectivity index (χ4v) is 11.9. The van der Waals surface area contributed by atoms with Gasteiger partial charge in [-0.3, -0.25) is 0 Å². The van der Waals surface area contributed by atoms with Crippen molar-refractivity contribution in [1.82, 2.24) is 0 Å². The van der Waals surface area contributed by atoms with Crippen LogP contribution in [0.2, 0.25) is 0 Å². The third-order valence-electron chi connectivity index (χ3n) is 3.20. The Labute approximate surface area is 133 Å². The maximum absolute atomic E-state index is 2.73. The summed E-state index contributed by atoms with van der Waals surface area (Å²) in [4.78, 5) is 0. The Kier molecular flexibility index (Phi) is 4.25. The van der Waals surface area contributed by atoms with Gasteiger partial charge in [-0.2, -0.15) is 0 Å². The van der Waals surface area contributed by atoms with E-state index in [4.69, 9.17) is 0 Å². The summed E-state index contributed by atoms with van der Waals surface area (Å²) in [6.07, 6.45) is 0. The molecule has 3 aromatic carbocycles. The molecule has 3 aromatic rings. The molecule has 20 heavy (non-hydrogen) atoms. The second kappa shape index (κ2) is 6.13. The van der Waals surface area contributed by atoms with Gasteiger partial charge in [0, 0.05) is 0 Å². The van der Waals surface area contributed by atoms with Gasteiger partial charge in [-0.15, -0.1) is 0 Å². The first-order valence-electron chi connectivity index (χ1n) is 6.50. The van der Waals surface area contributed by atoms with Gasteiger partial charge in [-0.25, -0.2) is 0 Å². The summed E-state index contributed by atoms with van der Waals surface area (Å²) in [6, 6.07) is 32.8. The normalized spacial score (nSPS) is 12.1. The van der Waals surface area contributed by atoms with E-state index in [1.165, 1.54) is 13.4 Å². The Morgan fingerprint density at radius 1 is 0.450 bits per heavy atom. The van der Waals surface area contributed by atoms with E-state index in [1.807, 2.05) is 0 Å². The molecular weight excluding hydrogens is 422 g/mol. The van der Waals surface area contributed by atoms with Gasteiger partial charge >= 0.3 is 134 Å². The molecule has 0 aliphatic rings. The van der Waals surface area contributed by atoms with E-state index in [9.17, 15) is 0 Å². The standard InChI is InChI=1S/C18H15ISe/c19-20(16-10-4-1-5-11-16,17-12-6-2-7-13-17)18-14-8-3-9-15-18/h1-15H. The van der Waals surface area contributed by atoms with E-state index in [0.717, 1.165) is 0 Å². The van der Waals surface area contributed by atoms with Crippen molar-refractivity contribution in [2.24, 2.45) is 0 Å². The molecule has 0 radical (unpaired) electrons. The Bertz CT molecular complexity index is 569. The van der Waals surface area contributed by atoms with Gasteiger partial charge in [0.05, 0.1) is 0 Å². The topological polar surface area (TPSA) is 0 Å². The molecule has 0 aromatic heterocycles. The van der Waals surface area contributed by atoms with E-state index in [2.05, 4.69) is 111 Å². The Balaban J connectivity index is 2.24. The second-order valence-corrected chi connectivity index (χ2v) is 16.6. The zero-order valence-corrected chi connectivity index (χ0v) is 14.8. The van der Waals surface area contributed by atoms with E-state index in [1.54, 1.807) is 0 Å². The van der Waals surface area contributed by atoms with Gasteiger partial charge in [0.15, 0.2) is 0 Å². The summed E-state index contributed by atoms with van der Waals surface area (Å²) >= 11 is 2.73. The fraction of sp³-hybridized carbons (Fsp3) is 0. The molecule has 0 fully saturated rings. The van der Waals surface area contributed by atoms with Crippen LogP contribution in [0.15, 0.2) is 91.0 Å². The summed E-state index contributed by atoms with van der Waals surface area (Å²) in [5.41, 5.74) is 0. The van der Waals surface area contributed by atoms with Crippen molar-refractivity contribution in [3.63, 3.8) is 0 Å². The molecule has 0 aliphatic heterocycles. The molecule has 0 saturated heterocycles. The van der Waals surface area contributed by atoms with Crippen molar-refractivity contribution < 1.29 is 0 Å². The molecule has 0 saturated carbocycles. The zero-order chi connectivity index (χ0) is 13.8. The Morgan fingerprint density at radius 2 is 0.700 bits per heavy atom. The predicted molar refractivity (Wildman–Crippen MR) is 98.0 cm³/mol. The van der Waals surface area contributed by atoms with Gasteiger partial charge in [0.1, 0.15) is 0 Å². The molecular formula is C18H15ISe. The van der Waals surface area contributed by atoms with Gasteiger partial charge in [-0.05, 0) is 0 Å². The van der Waals surface area contributed by atoms with E-state index < -0.39 is 9.60 Å². The zero-order valence-electron chi connectivity index (χ0n) is 10.9. The first-order valence-corrected chi connectivity index (χ1v) is 14.3. The van der Waals surface area contributed by atoms with Crippen molar-refractivity contribution in [1.29, 1.82) is 0 Å². The van der Waals surface area contributed by atoms with Crippen molar-refractivity contribution in [2.75, 3.05) is 0 Å². The Hall–Kier alpha value is -1.09. The summed E-state index contributed by atoms with van der Waals surface area (Å²) < 4.78 is 4.38. The maximum atomic E-state index is 2.73. The molecule has 0 atom stereocenters. The Morgan fingerprint density at radius 3 is 0.950 bits per heavy atom. The van der Waals surface area contributed by atoms with Crippen LogP contribution >= 0.6 is 20.3 Å². The predicted octanol–water partition coefficient (Wildman–Crippen LogP) is 3.09. The van der Waals surface area contributed by atoms with Crippen LogP contribution < -0.4 is 13.4 Å². The molecule has 0 N–H and O–H groups in total. The van der Waals surface area contributed by atoms with Crippen LogP contribution in [-0.2, 0) is 0 Å². The molecule has 0 nitrogen and oxygen atoms in total. The van der Waals surface area contributed by atoms with Gasteiger partial charge in [0.25, 0.3) is 0 Å². The first kappa shape index (κ1) is 13.9. The van der Waals surface area contributed by atoms with E-state index in [0.29, 0.717) is 0 Å². The minimum absolute atomic E-state index is 1.46. The van der Waals surface area contributed by atoms with Crippen LogP contribution in [0.3, 0.4) is 0 Å². The number of benzene rings is 3. The van der Waals surface area contributed by atoms with Crippen molar-refractivity contribution in [3.05, 3.63) is 91.0 Å². The monoisotopic (exact) mass is 438 g/mol. The summed E-state index contributed by atoms with van der Waals surface area (Å²) in [5.74, 6) is 0. The molecule has 100 valence electrons. The number of halogens is 1. The van der Waals surface area contributed by atoms with Crippen molar-refractivity contribution in [3.8, 4) is 0 Å². The van der Waals surface area contributed by atoms with E-state index in [-0.39, 0.29) is 0 Å². The molecule has 0 spiro atoms. The second-order valence-electron chi connectivity index (χ2n) is 4.48. The SMILES string of the molecule is I[Se](c1ccccc1)(c1ccccc1)c1ccccc1. The molecule has 3 rings (SSSR count). The number of hydrogen-bond acceptors (Lipinski definition) is 0. The average Bonchev–Trinajstić information content (AvgIpc) is 2.56. The van der Waals surface area contributed by atoms with Crippen LogP contribution in [0, 0.1) is 0 Å². The molecule has 0 amide bonds. The van der Waals surface area contributed by atoms with Crippen LogP contribution in [0.5, 0.6) is 0 Å². The van der Waals surface area contributed by atoms with E-state index >= 15 is 0 Å². The number of hydrogen-bond donors (Lipinski definition) is 0. The third kappa shape index (κ3) is 2.56.